The molecule has 1 fully saturated rings. The van der Waals surface area contributed by atoms with Crippen molar-refractivity contribution in [3.8, 4) is 0 Å². The Balaban J connectivity index is 1.74. The number of carbonyl (C=O) groups excluding carboxylic acids is 1. The van der Waals surface area contributed by atoms with Gasteiger partial charge in [-0.3, -0.25) is 4.79 Å². The fourth-order valence-corrected chi connectivity index (χ4v) is 4.99. The fourth-order valence-electron chi connectivity index (χ4n) is 3.84. The van der Waals surface area contributed by atoms with Crippen LogP contribution in [0.15, 0.2) is 29.4 Å². The van der Waals surface area contributed by atoms with E-state index in [0.29, 0.717) is 17.2 Å². The van der Waals surface area contributed by atoms with Crippen molar-refractivity contribution in [1.29, 1.82) is 0 Å². The van der Waals surface area contributed by atoms with Gasteiger partial charge in [-0.2, -0.15) is 23.3 Å². The first-order chi connectivity index (χ1) is 13.2. The van der Waals surface area contributed by atoms with E-state index < -0.39 is 23.7 Å². The van der Waals surface area contributed by atoms with Crippen LogP contribution in [0.5, 0.6) is 0 Å². The predicted octanol–water partition coefficient (Wildman–Crippen LogP) is 4.85. The number of hydrogen-bond donors (Lipinski definition) is 1. The highest BCUT2D eigenvalue weighted by Gasteiger charge is 2.68. The normalized spacial score (nSPS) is 27.5. The lowest BCUT2D eigenvalue weighted by Gasteiger charge is -2.39. The fraction of sp³-hybridized carbons (Fsp3) is 0.579. The monoisotopic (exact) mass is 434 g/mol. The SMILES string of the molecule is CC[C@@H]1CCC2=NN(C(=O)CSCc3ccccc3Cl)[C@](O)(C(F)(F)F)[C@H]2C1. The van der Waals surface area contributed by atoms with Gasteiger partial charge in [0.25, 0.3) is 11.6 Å². The van der Waals surface area contributed by atoms with E-state index in [-0.39, 0.29) is 28.8 Å². The number of aliphatic hydroxyl groups is 1. The summed E-state index contributed by atoms with van der Waals surface area (Å²) in [4.78, 5) is 12.6. The molecule has 0 saturated heterocycles. The van der Waals surface area contributed by atoms with Crippen LogP contribution in [0.2, 0.25) is 5.02 Å². The number of alkyl halides is 3. The highest BCUT2D eigenvalue weighted by Crippen LogP contribution is 2.49. The van der Waals surface area contributed by atoms with Gasteiger partial charge < -0.3 is 5.11 Å². The molecule has 1 amide bonds. The summed E-state index contributed by atoms with van der Waals surface area (Å²) in [6, 6.07) is 7.08. The molecular weight excluding hydrogens is 413 g/mol. The van der Waals surface area contributed by atoms with E-state index in [1.807, 2.05) is 6.92 Å². The smallest absolute Gasteiger partial charge is 0.362 e. The molecule has 28 heavy (non-hydrogen) atoms. The highest BCUT2D eigenvalue weighted by atomic mass is 35.5. The van der Waals surface area contributed by atoms with Gasteiger partial charge in [-0.25, -0.2) is 0 Å². The van der Waals surface area contributed by atoms with E-state index in [2.05, 4.69) is 5.10 Å². The first-order valence-electron chi connectivity index (χ1n) is 9.19. The quantitative estimate of drug-likeness (QED) is 0.720. The number of nitrogens with zero attached hydrogens (tertiary/aromatic N) is 2. The lowest BCUT2D eigenvalue weighted by atomic mass is 9.74. The molecule has 0 aromatic heterocycles. The highest BCUT2D eigenvalue weighted by molar-refractivity contribution is 7.99. The van der Waals surface area contributed by atoms with E-state index >= 15 is 0 Å². The largest absolute Gasteiger partial charge is 0.439 e. The van der Waals surface area contributed by atoms with Gasteiger partial charge in [0, 0.05) is 16.5 Å². The Labute approximate surface area is 171 Å². The van der Waals surface area contributed by atoms with Gasteiger partial charge >= 0.3 is 6.18 Å². The molecule has 9 heteroatoms. The van der Waals surface area contributed by atoms with Crippen LogP contribution >= 0.6 is 23.4 Å². The Hall–Kier alpha value is -1.25. The Morgan fingerprint density at radius 2 is 2.14 bits per heavy atom. The third-order valence-corrected chi connectivity index (χ3v) is 6.82. The molecule has 2 aliphatic rings. The second-order valence-electron chi connectivity index (χ2n) is 7.21. The lowest BCUT2D eigenvalue weighted by Crippen LogP contribution is -2.62. The Bertz CT molecular complexity index is 774. The molecule has 0 bridgehead atoms. The van der Waals surface area contributed by atoms with E-state index in [1.165, 1.54) is 0 Å². The van der Waals surface area contributed by atoms with Crippen LogP contribution < -0.4 is 0 Å². The zero-order valence-electron chi connectivity index (χ0n) is 15.4. The molecule has 1 aromatic rings. The van der Waals surface area contributed by atoms with Crippen LogP contribution in [-0.4, -0.2) is 39.4 Å². The molecule has 0 unspecified atom stereocenters. The van der Waals surface area contributed by atoms with Crippen molar-refractivity contribution in [2.24, 2.45) is 16.9 Å². The van der Waals surface area contributed by atoms with Crippen molar-refractivity contribution >= 4 is 35.0 Å². The number of hydrogen-bond acceptors (Lipinski definition) is 4. The van der Waals surface area contributed by atoms with E-state index in [1.54, 1.807) is 24.3 Å². The summed E-state index contributed by atoms with van der Waals surface area (Å²) in [6.07, 6.45) is -2.97. The summed E-state index contributed by atoms with van der Waals surface area (Å²) in [6.45, 7) is 1.92. The van der Waals surface area contributed by atoms with Crippen molar-refractivity contribution in [2.75, 3.05) is 5.75 Å². The molecule has 3 atom stereocenters. The lowest BCUT2D eigenvalue weighted by molar-refractivity contribution is -0.317. The summed E-state index contributed by atoms with van der Waals surface area (Å²) in [5, 5.41) is 15.4. The summed E-state index contributed by atoms with van der Waals surface area (Å²) >= 11 is 7.20. The van der Waals surface area contributed by atoms with Gasteiger partial charge in [0.15, 0.2) is 0 Å². The summed E-state index contributed by atoms with van der Waals surface area (Å²) in [7, 11) is 0. The second kappa shape index (κ2) is 8.24. The van der Waals surface area contributed by atoms with Gasteiger partial charge in [-0.05, 0) is 36.8 Å². The van der Waals surface area contributed by atoms with Crippen molar-refractivity contribution in [3.63, 3.8) is 0 Å². The van der Waals surface area contributed by atoms with E-state index in [9.17, 15) is 23.1 Å². The minimum absolute atomic E-state index is 0.0856. The average molecular weight is 435 g/mol. The summed E-state index contributed by atoms with van der Waals surface area (Å²) in [5.74, 6) is -1.82. The second-order valence-corrected chi connectivity index (χ2v) is 8.60. The van der Waals surface area contributed by atoms with Gasteiger partial charge in [0.05, 0.1) is 11.7 Å². The Morgan fingerprint density at radius 1 is 1.43 bits per heavy atom. The van der Waals surface area contributed by atoms with Crippen molar-refractivity contribution in [1.82, 2.24) is 5.01 Å². The van der Waals surface area contributed by atoms with Crippen LogP contribution in [-0.2, 0) is 10.5 Å². The minimum Gasteiger partial charge on any atom is -0.362 e. The van der Waals surface area contributed by atoms with Crippen molar-refractivity contribution in [2.45, 2.75) is 50.3 Å². The molecule has 3 rings (SSSR count). The van der Waals surface area contributed by atoms with Crippen molar-refractivity contribution in [3.05, 3.63) is 34.9 Å². The molecule has 1 N–H and O–H groups in total. The number of benzene rings is 1. The maximum Gasteiger partial charge on any atom is 0.439 e. The number of halogens is 4. The number of fused-ring (bicyclic) bond motifs is 1. The van der Waals surface area contributed by atoms with Gasteiger partial charge in [-0.1, -0.05) is 43.1 Å². The Morgan fingerprint density at radius 3 is 2.79 bits per heavy atom. The zero-order valence-corrected chi connectivity index (χ0v) is 16.9. The molecule has 0 spiro atoms. The van der Waals surface area contributed by atoms with Crippen LogP contribution in [0.25, 0.3) is 0 Å². The minimum atomic E-state index is -4.98. The predicted molar refractivity (Wildman–Crippen MR) is 104 cm³/mol. The number of carbonyl (C=O) groups is 1. The molecule has 1 aliphatic carbocycles. The van der Waals surface area contributed by atoms with Gasteiger partial charge in [-0.15, -0.1) is 11.8 Å². The molecule has 154 valence electrons. The van der Waals surface area contributed by atoms with Gasteiger partial charge in [0.1, 0.15) is 0 Å². The number of thioether (sulfide) groups is 1. The first-order valence-corrected chi connectivity index (χ1v) is 10.7. The average Bonchev–Trinajstić information content (AvgIpc) is 2.96. The third kappa shape index (κ3) is 3.91. The topological polar surface area (TPSA) is 52.9 Å². The number of hydrazone groups is 1. The van der Waals surface area contributed by atoms with Crippen molar-refractivity contribution < 1.29 is 23.1 Å². The first kappa shape index (κ1) is 21.5. The molecular formula is C19H22ClF3N2O2S. The summed E-state index contributed by atoms with van der Waals surface area (Å²) in [5.41, 5.74) is -2.20. The molecule has 1 saturated carbocycles. The maximum absolute atomic E-state index is 13.9. The van der Waals surface area contributed by atoms with Crippen LogP contribution in [0.3, 0.4) is 0 Å². The zero-order chi connectivity index (χ0) is 20.5. The molecule has 1 aromatic carbocycles. The standard InChI is InChI=1S/C19H22ClF3N2O2S/c1-2-12-7-8-16-14(9-12)18(27,19(21,22)23)25(24-16)17(26)11-28-10-13-5-3-4-6-15(13)20/h3-6,12,14,27H,2,7-11H2,1H3/t12-,14+,18-/m1/s1. The number of rotatable bonds is 5. The van der Waals surface area contributed by atoms with Crippen LogP contribution in [0, 0.1) is 11.8 Å². The van der Waals surface area contributed by atoms with Crippen LogP contribution in [0.4, 0.5) is 13.2 Å². The van der Waals surface area contributed by atoms with E-state index in [0.717, 1.165) is 30.2 Å². The van der Waals surface area contributed by atoms with Gasteiger partial charge in [0.2, 0.25) is 0 Å². The van der Waals surface area contributed by atoms with Crippen LogP contribution in [0.1, 0.15) is 38.2 Å². The molecule has 1 heterocycles. The molecule has 0 radical (unpaired) electrons. The number of amides is 1. The molecule has 1 aliphatic heterocycles. The molecule has 4 nitrogen and oxygen atoms in total. The third-order valence-electron chi connectivity index (χ3n) is 5.49. The van der Waals surface area contributed by atoms with E-state index in [4.69, 9.17) is 11.6 Å². The summed E-state index contributed by atoms with van der Waals surface area (Å²) < 4.78 is 41.6. The maximum atomic E-state index is 13.9. The Kier molecular flexibility index (Phi) is 6.32.